The van der Waals surface area contributed by atoms with Crippen LogP contribution in [0.2, 0.25) is 0 Å². The first-order valence-electron chi connectivity index (χ1n) is 5.94. The summed E-state index contributed by atoms with van der Waals surface area (Å²) in [4.78, 5) is 0. The lowest BCUT2D eigenvalue weighted by Crippen LogP contribution is -1.93. The van der Waals surface area contributed by atoms with Crippen molar-refractivity contribution in [3.05, 3.63) is 59.7 Å². The van der Waals surface area contributed by atoms with Gasteiger partial charge >= 0.3 is 0 Å². The molecule has 0 amide bonds. The summed E-state index contributed by atoms with van der Waals surface area (Å²) in [5.74, 6) is 0. The third kappa shape index (κ3) is 2.37. The second-order valence-electron chi connectivity index (χ2n) is 4.07. The van der Waals surface area contributed by atoms with Gasteiger partial charge in [0.15, 0.2) is 0 Å². The maximum absolute atomic E-state index is 9.34. The Morgan fingerprint density at radius 3 is 2.41 bits per heavy atom. The molecule has 0 spiro atoms. The van der Waals surface area contributed by atoms with Gasteiger partial charge in [0, 0.05) is 0 Å². The number of hydrogen-bond acceptors (Lipinski definition) is 1. The molecule has 0 fully saturated rings. The molecular weight excluding hydrogens is 206 g/mol. The summed E-state index contributed by atoms with van der Waals surface area (Å²) >= 11 is 0. The minimum atomic E-state index is 0.820. The van der Waals surface area contributed by atoms with Gasteiger partial charge in [-0.15, -0.1) is 0 Å². The molecular formula is C16H15N. The summed E-state index contributed by atoms with van der Waals surface area (Å²) in [6, 6.07) is 18.5. The molecule has 0 aliphatic heterocycles. The Morgan fingerprint density at radius 2 is 1.76 bits per heavy atom. The van der Waals surface area contributed by atoms with Crippen LogP contribution < -0.4 is 0 Å². The SMILES string of the molecule is CCCc1cccc(-c2ccccc2)c1C#N. The van der Waals surface area contributed by atoms with Gasteiger partial charge in [-0.3, -0.25) is 0 Å². The second kappa shape index (κ2) is 5.32. The van der Waals surface area contributed by atoms with E-state index in [0.29, 0.717) is 0 Å². The van der Waals surface area contributed by atoms with Crippen molar-refractivity contribution >= 4 is 0 Å². The molecule has 0 aliphatic carbocycles. The van der Waals surface area contributed by atoms with Crippen LogP contribution in [0.4, 0.5) is 0 Å². The highest BCUT2D eigenvalue weighted by Crippen LogP contribution is 2.26. The van der Waals surface area contributed by atoms with Crippen molar-refractivity contribution in [1.82, 2.24) is 0 Å². The Morgan fingerprint density at radius 1 is 1.00 bits per heavy atom. The highest BCUT2D eigenvalue weighted by molar-refractivity contribution is 5.72. The molecule has 0 aliphatic rings. The van der Waals surface area contributed by atoms with E-state index in [0.717, 1.165) is 35.1 Å². The molecule has 0 aromatic heterocycles. The average Bonchev–Trinajstić information content (AvgIpc) is 2.40. The van der Waals surface area contributed by atoms with E-state index in [1.54, 1.807) is 0 Å². The fourth-order valence-corrected chi connectivity index (χ4v) is 2.07. The topological polar surface area (TPSA) is 23.8 Å². The Labute approximate surface area is 102 Å². The highest BCUT2D eigenvalue weighted by atomic mass is 14.3. The van der Waals surface area contributed by atoms with Crippen molar-refractivity contribution in [3.63, 3.8) is 0 Å². The second-order valence-corrected chi connectivity index (χ2v) is 4.07. The van der Waals surface area contributed by atoms with Crippen LogP contribution in [0.3, 0.4) is 0 Å². The van der Waals surface area contributed by atoms with E-state index in [1.807, 2.05) is 42.5 Å². The van der Waals surface area contributed by atoms with Gasteiger partial charge in [0.05, 0.1) is 5.56 Å². The van der Waals surface area contributed by atoms with E-state index in [2.05, 4.69) is 19.1 Å². The van der Waals surface area contributed by atoms with Gasteiger partial charge in [-0.05, 0) is 23.1 Å². The molecule has 1 nitrogen and oxygen atoms in total. The predicted molar refractivity (Wildman–Crippen MR) is 70.6 cm³/mol. The first-order chi connectivity index (χ1) is 8.36. The maximum Gasteiger partial charge on any atom is 0.100 e. The van der Waals surface area contributed by atoms with Gasteiger partial charge < -0.3 is 0 Å². The summed E-state index contributed by atoms with van der Waals surface area (Å²) in [5.41, 5.74) is 4.12. The first kappa shape index (κ1) is 11.4. The van der Waals surface area contributed by atoms with Crippen LogP contribution in [0.5, 0.6) is 0 Å². The van der Waals surface area contributed by atoms with E-state index < -0.39 is 0 Å². The molecule has 0 atom stereocenters. The largest absolute Gasteiger partial charge is 0.192 e. The summed E-state index contributed by atoms with van der Waals surface area (Å²) in [6.07, 6.45) is 2.02. The van der Waals surface area contributed by atoms with E-state index in [9.17, 15) is 5.26 Å². The van der Waals surface area contributed by atoms with Gasteiger partial charge in [-0.2, -0.15) is 5.26 Å². The smallest absolute Gasteiger partial charge is 0.100 e. The lowest BCUT2D eigenvalue weighted by atomic mass is 9.94. The monoisotopic (exact) mass is 221 g/mol. The van der Waals surface area contributed by atoms with Gasteiger partial charge in [0.25, 0.3) is 0 Å². The van der Waals surface area contributed by atoms with Gasteiger partial charge in [-0.25, -0.2) is 0 Å². The van der Waals surface area contributed by atoms with Crippen LogP contribution in [0.1, 0.15) is 24.5 Å². The highest BCUT2D eigenvalue weighted by Gasteiger charge is 2.08. The van der Waals surface area contributed by atoms with Crippen LogP contribution in [-0.4, -0.2) is 0 Å². The van der Waals surface area contributed by atoms with E-state index in [4.69, 9.17) is 0 Å². The van der Waals surface area contributed by atoms with Crippen molar-refractivity contribution in [1.29, 1.82) is 5.26 Å². The maximum atomic E-state index is 9.34. The fraction of sp³-hybridized carbons (Fsp3) is 0.188. The summed E-state index contributed by atoms with van der Waals surface area (Å²) in [6.45, 7) is 2.14. The van der Waals surface area contributed by atoms with Gasteiger partial charge in [-0.1, -0.05) is 61.9 Å². The van der Waals surface area contributed by atoms with Crippen LogP contribution >= 0.6 is 0 Å². The molecule has 0 saturated carbocycles. The number of nitrogens with zero attached hydrogens (tertiary/aromatic N) is 1. The van der Waals surface area contributed by atoms with E-state index in [1.165, 1.54) is 0 Å². The number of benzene rings is 2. The molecule has 0 bridgehead atoms. The van der Waals surface area contributed by atoms with Crippen LogP contribution in [0, 0.1) is 11.3 Å². The van der Waals surface area contributed by atoms with Crippen molar-refractivity contribution in [3.8, 4) is 17.2 Å². The van der Waals surface area contributed by atoms with Crippen LogP contribution in [0.25, 0.3) is 11.1 Å². The summed E-state index contributed by atoms with van der Waals surface area (Å²) in [7, 11) is 0. The summed E-state index contributed by atoms with van der Waals surface area (Å²) in [5, 5.41) is 9.34. The van der Waals surface area contributed by atoms with Crippen molar-refractivity contribution < 1.29 is 0 Å². The van der Waals surface area contributed by atoms with Crippen LogP contribution in [-0.2, 0) is 6.42 Å². The number of aryl methyl sites for hydroxylation is 1. The molecule has 2 aromatic rings. The standard InChI is InChI=1S/C16H15N/c1-2-7-13-10-6-11-15(16(13)12-17)14-8-4-3-5-9-14/h3-6,8-11H,2,7H2,1H3. The zero-order chi connectivity index (χ0) is 12.1. The van der Waals surface area contributed by atoms with Gasteiger partial charge in [0.2, 0.25) is 0 Å². The molecule has 0 heterocycles. The predicted octanol–water partition coefficient (Wildman–Crippen LogP) is 4.18. The van der Waals surface area contributed by atoms with Crippen molar-refractivity contribution in [2.75, 3.05) is 0 Å². The Hall–Kier alpha value is -2.07. The minimum absolute atomic E-state index is 0.820. The minimum Gasteiger partial charge on any atom is -0.192 e. The third-order valence-corrected chi connectivity index (χ3v) is 2.87. The number of hydrogen-bond donors (Lipinski definition) is 0. The molecule has 0 saturated heterocycles. The fourth-order valence-electron chi connectivity index (χ4n) is 2.07. The number of rotatable bonds is 3. The zero-order valence-electron chi connectivity index (χ0n) is 9.98. The molecule has 1 heteroatoms. The Kier molecular flexibility index (Phi) is 3.57. The van der Waals surface area contributed by atoms with Crippen LogP contribution in [0.15, 0.2) is 48.5 Å². The Balaban J connectivity index is 2.56. The molecule has 2 rings (SSSR count). The Bertz CT molecular complexity index is 535. The average molecular weight is 221 g/mol. The zero-order valence-corrected chi connectivity index (χ0v) is 9.98. The first-order valence-corrected chi connectivity index (χ1v) is 5.94. The lowest BCUT2D eigenvalue weighted by Gasteiger charge is -2.08. The molecule has 0 N–H and O–H groups in total. The molecule has 17 heavy (non-hydrogen) atoms. The third-order valence-electron chi connectivity index (χ3n) is 2.87. The van der Waals surface area contributed by atoms with E-state index in [-0.39, 0.29) is 0 Å². The number of nitriles is 1. The van der Waals surface area contributed by atoms with E-state index >= 15 is 0 Å². The molecule has 0 unspecified atom stereocenters. The van der Waals surface area contributed by atoms with Crippen molar-refractivity contribution in [2.24, 2.45) is 0 Å². The van der Waals surface area contributed by atoms with Gasteiger partial charge in [0.1, 0.15) is 6.07 Å². The molecule has 0 radical (unpaired) electrons. The quantitative estimate of drug-likeness (QED) is 0.762. The van der Waals surface area contributed by atoms with Crippen molar-refractivity contribution in [2.45, 2.75) is 19.8 Å². The molecule has 2 aromatic carbocycles. The molecule has 84 valence electrons. The summed E-state index contributed by atoms with van der Waals surface area (Å²) < 4.78 is 0. The lowest BCUT2D eigenvalue weighted by molar-refractivity contribution is 0.919. The normalized spacial score (nSPS) is 9.88.